The molecule has 0 spiro atoms. The predicted octanol–water partition coefficient (Wildman–Crippen LogP) is 2.90. The predicted molar refractivity (Wildman–Crippen MR) is 116 cm³/mol. The lowest BCUT2D eigenvalue weighted by molar-refractivity contribution is -0.134. The highest BCUT2D eigenvalue weighted by Crippen LogP contribution is 2.34. The Bertz CT molecular complexity index is 984. The van der Waals surface area contributed by atoms with Gasteiger partial charge in [0.25, 0.3) is 0 Å². The van der Waals surface area contributed by atoms with Crippen LogP contribution in [0.5, 0.6) is 0 Å². The zero-order valence-corrected chi connectivity index (χ0v) is 18.8. The average Bonchev–Trinajstić information content (AvgIpc) is 3.30. The van der Waals surface area contributed by atoms with Gasteiger partial charge in [-0.2, -0.15) is 0 Å². The van der Waals surface area contributed by atoms with Crippen molar-refractivity contribution in [1.82, 2.24) is 19.4 Å². The van der Waals surface area contributed by atoms with Gasteiger partial charge in [-0.15, -0.1) is 10.2 Å². The Balaban J connectivity index is 1.43. The van der Waals surface area contributed by atoms with Crippen molar-refractivity contribution in [3.05, 3.63) is 47.7 Å². The molecule has 0 bridgehead atoms. The van der Waals surface area contributed by atoms with Gasteiger partial charge in [-0.1, -0.05) is 30.3 Å². The van der Waals surface area contributed by atoms with Gasteiger partial charge in [-0.05, 0) is 44.6 Å². The number of amides is 1. The Kier molecular flexibility index (Phi) is 6.71. The molecular formula is C22H30N4O4S. The summed E-state index contributed by atoms with van der Waals surface area (Å²) in [6, 6.07) is 9.57. The topological polar surface area (TPSA) is 96.6 Å². The maximum atomic E-state index is 13.0. The Morgan fingerprint density at radius 2 is 1.74 bits per heavy atom. The molecule has 0 unspecified atom stereocenters. The molecule has 1 aromatic heterocycles. The molecule has 31 heavy (non-hydrogen) atoms. The monoisotopic (exact) mass is 446 g/mol. The van der Waals surface area contributed by atoms with Crippen LogP contribution in [0.4, 0.5) is 0 Å². The van der Waals surface area contributed by atoms with E-state index >= 15 is 0 Å². The van der Waals surface area contributed by atoms with Crippen LogP contribution in [0.1, 0.15) is 68.3 Å². The molecular weight excluding hydrogens is 416 g/mol. The molecule has 2 aliphatic heterocycles. The maximum absolute atomic E-state index is 13.0. The van der Waals surface area contributed by atoms with E-state index in [0.717, 1.165) is 24.8 Å². The molecule has 2 aromatic rings. The number of nitrogens with zero attached hydrogens (tertiary/aromatic N) is 4. The second-order valence-electron chi connectivity index (χ2n) is 8.31. The summed E-state index contributed by atoms with van der Waals surface area (Å²) in [5.41, 5.74) is 0.997. The number of sulfonamides is 1. The lowest BCUT2D eigenvalue weighted by Gasteiger charge is -2.33. The fraction of sp³-hybridized carbons (Fsp3) is 0.591. The van der Waals surface area contributed by atoms with Gasteiger partial charge in [0.15, 0.2) is 0 Å². The Morgan fingerprint density at radius 3 is 2.45 bits per heavy atom. The number of likely N-dealkylation sites (tertiary alicyclic amines) is 1. The maximum Gasteiger partial charge on any atom is 0.238 e. The minimum atomic E-state index is -3.16. The van der Waals surface area contributed by atoms with E-state index in [1.807, 2.05) is 35.2 Å². The molecule has 9 heteroatoms. The van der Waals surface area contributed by atoms with Crippen LogP contribution in [0, 0.1) is 0 Å². The molecule has 8 nitrogen and oxygen atoms in total. The van der Waals surface area contributed by atoms with Gasteiger partial charge in [-0.25, -0.2) is 12.7 Å². The lowest BCUT2D eigenvalue weighted by atomic mass is 9.98. The first-order valence-electron chi connectivity index (χ1n) is 11.1. The zero-order chi connectivity index (χ0) is 21.8. The third kappa shape index (κ3) is 4.98. The fourth-order valence-corrected chi connectivity index (χ4v) is 5.60. The second kappa shape index (κ2) is 9.48. The van der Waals surface area contributed by atoms with Crippen LogP contribution in [0.25, 0.3) is 0 Å². The molecule has 2 fully saturated rings. The summed E-state index contributed by atoms with van der Waals surface area (Å²) in [5, 5.41) is 8.57. The Labute approximate surface area is 183 Å². The molecule has 1 aromatic carbocycles. The highest BCUT2D eigenvalue weighted by atomic mass is 32.2. The summed E-state index contributed by atoms with van der Waals surface area (Å²) in [4.78, 5) is 14.9. The van der Waals surface area contributed by atoms with Crippen LogP contribution in [0.2, 0.25) is 0 Å². The van der Waals surface area contributed by atoms with Crippen molar-refractivity contribution in [3.8, 4) is 0 Å². The number of rotatable bonds is 6. The van der Waals surface area contributed by atoms with Gasteiger partial charge < -0.3 is 9.32 Å². The molecule has 3 heterocycles. The molecule has 4 rings (SSSR count). The third-order valence-corrected chi connectivity index (χ3v) is 8.21. The van der Waals surface area contributed by atoms with E-state index in [9.17, 15) is 13.2 Å². The molecule has 0 aliphatic carbocycles. The van der Waals surface area contributed by atoms with Crippen molar-refractivity contribution in [3.63, 3.8) is 0 Å². The summed E-state index contributed by atoms with van der Waals surface area (Å²) in [5.74, 6) is 1.32. The summed E-state index contributed by atoms with van der Waals surface area (Å²) in [7, 11) is -3.16. The van der Waals surface area contributed by atoms with Gasteiger partial charge in [0, 0.05) is 25.6 Å². The van der Waals surface area contributed by atoms with Crippen LogP contribution < -0.4 is 0 Å². The van der Waals surface area contributed by atoms with Crippen LogP contribution in [-0.4, -0.2) is 59.1 Å². The number of hydrogen-bond acceptors (Lipinski definition) is 6. The third-order valence-electron chi connectivity index (χ3n) is 6.32. The molecule has 0 N–H and O–H groups in total. The molecule has 2 saturated heterocycles. The van der Waals surface area contributed by atoms with Crippen LogP contribution in [0.15, 0.2) is 34.7 Å². The van der Waals surface area contributed by atoms with E-state index in [4.69, 9.17) is 4.42 Å². The lowest BCUT2D eigenvalue weighted by Crippen LogP contribution is -2.39. The summed E-state index contributed by atoms with van der Waals surface area (Å²) in [6.45, 7) is 3.31. The first kappa shape index (κ1) is 22.0. The molecule has 0 radical (unpaired) electrons. The molecule has 1 atom stereocenters. The number of carbonyl (C=O) groups is 1. The van der Waals surface area contributed by atoms with Gasteiger partial charge in [0.05, 0.1) is 12.2 Å². The quantitative estimate of drug-likeness (QED) is 0.677. The normalized spacial score (nSPS) is 21.3. The highest BCUT2D eigenvalue weighted by Gasteiger charge is 2.34. The zero-order valence-electron chi connectivity index (χ0n) is 17.9. The van der Waals surface area contributed by atoms with Crippen molar-refractivity contribution < 1.29 is 17.6 Å². The van der Waals surface area contributed by atoms with Gasteiger partial charge in [-0.3, -0.25) is 4.79 Å². The number of carbonyl (C=O) groups excluding carboxylic acids is 1. The molecule has 168 valence electrons. The van der Waals surface area contributed by atoms with E-state index in [0.29, 0.717) is 50.7 Å². The van der Waals surface area contributed by atoms with E-state index in [1.54, 1.807) is 11.2 Å². The summed E-state index contributed by atoms with van der Waals surface area (Å²) >= 11 is 0. The van der Waals surface area contributed by atoms with E-state index < -0.39 is 10.0 Å². The second-order valence-corrected chi connectivity index (χ2v) is 10.6. The highest BCUT2D eigenvalue weighted by molar-refractivity contribution is 7.89. The van der Waals surface area contributed by atoms with Crippen molar-refractivity contribution in [2.75, 3.05) is 25.4 Å². The number of aromatic nitrogens is 2. The van der Waals surface area contributed by atoms with E-state index in [1.165, 1.54) is 0 Å². The van der Waals surface area contributed by atoms with E-state index in [-0.39, 0.29) is 23.6 Å². The number of hydrogen-bond donors (Lipinski definition) is 0. The summed E-state index contributed by atoms with van der Waals surface area (Å²) in [6.07, 6.45) is 4.51. The van der Waals surface area contributed by atoms with Crippen LogP contribution in [-0.2, 0) is 21.2 Å². The largest absolute Gasteiger partial charge is 0.423 e. The standard InChI is InChI=1S/C22H30N4O4S/c1-2-31(28,29)25-14-11-18(12-15-25)21-23-24-22(30-21)19-10-6-7-13-26(19)20(27)16-17-8-4-3-5-9-17/h3-5,8-9,18-19H,2,6-7,10-16H2,1H3/t19-/m1/s1. The van der Waals surface area contributed by atoms with Gasteiger partial charge in [0.2, 0.25) is 27.7 Å². The summed E-state index contributed by atoms with van der Waals surface area (Å²) < 4.78 is 31.8. The minimum Gasteiger partial charge on any atom is -0.423 e. The Morgan fingerprint density at radius 1 is 1.03 bits per heavy atom. The molecule has 0 saturated carbocycles. The molecule has 2 aliphatic rings. The first-order chi connectivity index (χ1) is 15.0. The van der Waals surface area contributed by atoms with Crippen LogP contribution in [0.3, 0.4) is 0 Å². The smallest absolute Gasteiger partial charge is 0.238 e. The van der Waals surface area contributed by atoms with Crippen LogP contribution >= 0.6 is 0 Å². The van der Waals surface area contributed by atoms with Gasteiger partial charge in [0.1, 0.15) is 6.04 Å². The van der Waals surface area contributed by atoms with Crippen molar-refractivity contribution in [2.45, 2.75) is 57.4 Å². The number of benzene rings is 1. The SMILES string of the molecule is CCS(=O)(=O)N1CCC(c2nnc([C@H]3CCCCN3C(=O)Cc3ccccc3)o2)CC1. The minimum absolute atomic E-state index is 0.0571. The van der Waals surface area contributed by atoms with E-state index in [2.05, 4.69) is 10.2 Å². The van der Waals surface area contributed by atoms with Crippen molar-refractivity contribution in [2.24, 2.45) is 0 Å². The van der Waals surface area contributed by atoms with Gasteiger partial charge >= 0.3 is 0 Å². The van der Waals surface area contributed by atoms with Crippen molar-refractivity contribution >= 4 is 15.9 Å². The molecule has 1 amide bonds. The van der Waals surface area contributed by atoms with Crippen molar-refractivity contribution in [1.29, 1.82) is 0 Å². The average molecular weight is 447 g/mol. The number of piperidine rings is 2. The fourth-order valence-electron chi connectivity index (χ4n) is 4.47. The first-order valence-corrected chi connectivity index (χ1v) is 12.7. The Hall–Kier alpha value is -2.26.